The summed E-state index contributed by atoms with van der Waals surface area (Å²) < 4.78 is 24.8. The normalized spacial score (nSPS) is 24.4. The van der Waals surface area contributed by atoms with Gasteiger partial charge in [-0.2, -0.15) is 0 Å². The fourth-order valence-corrected chi connectivity index (χ4v) is 3.85. The van der Waals surface area contributed by atoms with Gasteiger partial charge in [0.1, 0.15) is 0 Å². The number of hydrogen-bond donors (Lipinski definition) is 0. The Morgan fingerprint density at radius 1 is 1.37 bits per heavy atom. The molecular weight excluding hydrogens is 326 g/mol. The van der Waals surface area contributed by atoms with E-state index >= 15 is 0 Å². The Bertz CT molecular complexity index is 375. The smallest absolute Gasteiger partial charge is 0.211 e. The van der Waals surface area contributed by atoms with E-state index in [-0.39, 0.29) is 0 Å². The first-order chi connectivity index (χ1) is 8.60. The Morgan fingerprint density at radius 2 is 2.00 bits per heavy atom. The van der Waals surface area contributed by atoms with Crippen LogP contribution in [0.2, 0.25) is 0 Å². The van der Waals surface area contributed by atoms with Gasteiger partial charge in [0.2, 0.25) is 10.0 Å². The van der Waals surface area contributed by atoms with Crippen molar-refractivity contribution >= 4 is 26.0 Å². The minimum Gasteiger partial charge on any atom is -0.213 e. The van der Waals surface area contributed by atoms with Gasteiger partial charge in [0.05, 0.1) is 6.26 Å². The van der Waals surface area contributed by atoms with Crippen LogP contribution in [0.4, 0.5) is 0 Å². The van der Waals surface area contributed by atoms with E-state index < -0.39 is 10.0 Å². The lowest BCUT2D eigenvalue weighted by Crippen LogP contribution is -2.39. The number of rotatable bonds is 5. The highest BCUT2D eigenvalue weighted by atomic mass is 79.9. The van der Waals surface area contributed by atoms with Crippen LogP contribution in [0.3, 0.4) is 0 Å². The minimum atomic E-state index is -3.00. The topological polar surface area (TPSA) is 37.4 Å². The summed E-state index contributed by atoms with van der Waals surface area (Å²) in [6.45, 7) is 8.18. The fourth-order valence-electron chi connectivity index (χ4n) is 2.58. The summed E-state index contributed by atoms with van der Waals surface area (Å²) in [5, 5.41) is 0. The first-order valence-corrected chi connectivity index (χ1v) is 9.96. The van der Waals surface area contributed by atoms with Crippen molar-refractivity contribution in [2.24, 2.45) is 11.3 Å². The van der Waals surface area contributed by atoms with Crippen molar-refractivity contribution < 1.29 is 8.42 Å². The summed E-state index contributed by atoms with van der Waals surface area (Å²) in [5.41, 5.74) is 0.297. The monoisotopic (exact) mass is 353 g/mol. The van der Waals surface area contributed by atoms with E-state index in [9.17, 15) is 8.42 Å². The molecule has 0 spiro atoms. The molecule has 0 aromatic rings. The van der Waals surface area contributed by atoms with E-state index in [0.717, 1.165) is 19.4 Å². The van der Waals surface area contributed by atoms with Crippen molar-refractivity contribution in [2.45, 2.75) is 57.7 Å². The summed E-state index contributed by atoms with van der Waals surface area (Å²) in [4.78, 5) is 0.537. The van der Waals surface area contributed by atoms with Crippen LogP contribution < -0.4 is 0 Å². The summed E-state index contributed by atoms with van der Waals surface area (Å²) >= 11 is 3.76. The predicted octanol–water partition coefficient (Wildman–Crippen LogP) is 3.64. The van der Waals surface area contributed by atoms with Crippen LogP contribution in [-0.4, -0.2) is 36.9 Å². The molecule has 0 saturated carbocycles. The molecule has 1 aliphatic heterocycles. The van der Waals surface area contributed by atoms with E-state index in [1.54, 1.807) is 4.31 Å². The molecule has 2 atom stereocenters. The SMILES string of the molecule is CC(C)(C)C(Br)CCCC1CCCN(S(C)(=O)=O)C1. The molecule has 1 rings (SSSR count). The minimum absolute atomic E-state index is 0.297. The number of sulfonamides is 1. The average Bonchev–Trinajstić information content (AvgIpc) is 2.27. The van der Waals surface area contributed by atoms with E-state index in [2.05, 4.69) is 36.7 Å². The molecule has 19 heavy (non-hydrogen) atoms. The van der Waals surface area contributed by atoms with Crippen molar-refractivity contribution in [3.05, 3.63) is 0 Å². The largest absolute Gasteiger partial charge is 0.213 e. The van der Waals surface area contributed by atoms with Crippen LogP contribution in [-0.2, 0) is 10.0 Å². The second kappa shape index (κ2) is 6.90. The van der Waals surface area contributed by atoms with Crippen molar-refractivity contribution in [1.82, 2.24) is 4.31 Å². The van der Waals surface area contributed by atoms with Crippen LogP contribution in [0, 0.1) is 11.3 Å². The Balaban J connectivity index is 2.34. The van der Waals surface area contributed by atoms with Crippen LogP contribution in [0.25, 0.3) is 0 Å². The molecule has 0 N–H and O–H groups in total. The van der Waals surface area contributed by atoms with Gasteiger partial charge in [-0.15, -0.1) is 0 Å². The van der Waals surface area contributed by atoms with Gasteiger partial charge in [0, 0.05) is 17.9 Å². The second-order valence-electron chi connectivity index (χ2n) is 6.89. The lowest BCUT2D eigenvalue weighted by molar-refractivity contribution is 0.249. The fraction of sp³-hybridized carbons (Fsp3) is 1.00. The lowest BCUT2D eigenvalue weighted by Gasteiger charge is -2.31. The van der Waals surface area contributed by atoms with Gasteiger partial charge in [-0.3, -0.25) is 0 Å². The zero-order valence-electron chi connectivity index (χ0n) is 12.7. The third kappa shape index (κ3) is 6.13. The van der Waals surface area contributed by atoms with E-state index in [1.165, 1.54) is 25.5 Å². The number of halogens is 1. The maximum atomic E-state index is 11.6. The zero-order chi connectivity index (χ0) is 14.7. The summed E-state index contributed by atoms with van der Waals surface area (Å²) in [6, 6.07) is 0. The van der Waals surface area contributed by atoms with Crippen molar-refractivity contribution in [3.63, 3.8) is 0 Å². The van der Waals surface area contributed by atoms with Gasteiger partial charge in [-0.05, 0) is 37.0 Å². The van der Waals surface area contributed by atoms with Gasteiger partial charge >= 0.3 is 0 Å². The lowest BCUT2D eigenvalue weighted by atomic mass is 9.87. The Labute approximate surface area is 127 Å². The number of piperidine rings is 1. The highest BCUT2D eigenvalue weighted by molar-refractivity contribution is 9.09. The highest BCUT2D eigenvalue weighted by Crippen LogP contribution is 2.31. The van der Waals surface area contributed by atoms with Crippen molar-refractivity contribution in [3.8, 4) is 0 Å². The predicted molar refractivity (Wildman–Crippen MR) is 85.2 cm³/mol. The molecule has 114 valence electrons. The molecule has 0 bridgehead atoms. The second-order valence-corrected chi connectivity index (χ2v) is 9.98. The maximum Gasteiger partial charge on any atom is 0.211 e. The molecule has 1 fully saturated rings. The van der Waals surface area contributed by atoms with Gasteiger partial charge < -0.3 is 0 Å². The number of hydrogen-bond acceptors (Lipinski definition) is 2. The van der Waals surface area contributed by atoms with Crippen LogP contribution in [0.1, 0.15) is 52.9 Å². The summed E-state index contributed by atoms with van der Waals surface area (Å²) in [6.07, 6.45) is 6.99. The molecule has 5 heteroatoms. The molecular formula is C14H28BrNO2S. The molecule has 0 aliphatic carbocycles. The zero-order valence-corrected chi connectivity index (χ0v) is 15.1. The van der Waals surface area contributed by atoms with Gasteiger partial charge in [-0.1, -0.05) is 43.1 Å². The van der Waals surface area contributed by atoms with Gasteiger partial charge in [0.25, 0.3) is 0 Å². The molecule has 1 heterocycles. The van der Waals surface area contributed by atoms with E-state index in [1.807, 2.05) is 0 Å². The Hall–Kier alpha value is 0.390. The number of nitrogens with zero attached hydrogens (tertiary/aromatic N) is 1. The summed E-state index contributed by atoms with van der Waals surface area (Å²) in [7, 11) is -3.00. The molecule has 1 aliphatic rings. The quantitative estimate of drug-likeness (QED) is 0.707. The van der Waals surface area contributed by atoms with Gasteiger partial charge in [0.15, 0.2) is 0 Å². The molecule has 3 nitrogen and oxygen atoms in total. The first-order valence-electron chi connectivity index (χ1n) is 7.20. The first kappa shape index (κ1) is 17.4. The molecule has 0 aromatic carbocycles. The van der Waals surface area contributed by atoms with Crippen molar-refractivity contribution in [1.29, 1.82) is 0 Å². The number of alkyl halides is 1. The molecule has 1 saturated heterocycles. The van der Waals surface area contributed by atoms with Crippen LogP contribution >= 0.6 is 15.9 Å². The van der Waals surface area contributed by atoms with E-state index in [4.69, 9.17) is 0 Å². The summed E-state index contributed by atoms with van der Waals surface area (Å²) in [5.74, 6) is 0.545. The van der Waals surface area contributed by atoms with E-state index in [0.29, 0.717) is 22.7 Å². The third-order valence-electron chi connectivity index (χ3n) is 3.96. The molecule has 2 unspecified atom stereocenters. The molecule has 0 aromatic heterocycles. The van der Waals surface area contributed by atoms with Gasteiger partial charge in [-0.25, -0.2) is 12.7 Å². The van der Waals surface area contributed by atoms with Crippen molar-refractivity contribution in [2.75, 3.05) is 19.3 Å². The highest BCUT2D eigenvalue weighted by Gasteiger charge is 2.26. The Morgan fingerprint density at radius 3 is 2.53 bits per heavy atom. The molecule has 0 radical (unpaired) electrons. The third-order valence-corrected chi connectivity index (χ3v) is 7.06. The Kier molecular flexibility index (Phi) is 6.33. The van der Waals surface area contributed by atoms with Crippen LogP contribution in [0.15, 0.2) is 0 Å². The molecule has 0 amide bonds. The average molecular weight is 354 g/mol. The van der Waals surface area contributed by atoms with Crippen LogP contribution in [0.5, 0.6) is 0 Å². The standard InChI is InChI=1S/C14H28BrNO2S/c1-14(2,3)13(15)9-5-7-12-8-6-10-16(11-12)19(4,17)18/h12-13H,5-11H2,1-4H3. The maximum absolute atomic E-state index is 11.6.